The number of anilines is 1. The van der Waals surface area contributed by atoms with Gasteiger partial charge in [0.1, 0.15) is 11.6 Å². The molecular formula is C25H30FN5O. The maximum atomic E-state index is 13.9. The molecule has 0 bridgehead atoms. The zero-order valence-corrected chi connectivity index (χ0v) is 19.0. The van der Waals surface area contributed by atoms with Crippen LogP contribution in [-0.4, -0.2) is 45.0 Å². The number of benzene rings is 1. The van der Waals surface area contributed by atoms with E-state index in [1.54, 1.807) is 6.07 Å². The number of hydrogen-bond acceptors (Lipinski definition) is 4. The Kier molecular flexibility index (Phi) is 5.35. The molecule has 1 aromatic carbocycles. The number of aryl methyl sites for hydroxylation is 2. The predicted octanol–water partition coefficient (Wildman–Crippen LogP) is 4.70. The molecule has 2 saturated heterocycles. The molecule has 3 aromatic rings. The van der Waals surface area contributed by atoms with Crippen molar-refractivity contribution in [3.8, 4) is 0 Å². The first kappa shape index (κ1) is 20.9. The van der Waals surface area contributed by atoms with Gasteiger partial charge in [0.25, 0.3) is 5.91 Å². The second kappa shape index (κ2) is 8.19. The van der Waals surface area contributed by atoms with Crippen LogP contribution in [0, 0.1) is 25.6 Å². The lowest BCUT2D eigenvalue weighted by Crippen LogP contribution is -2.39. The molecule has 5 rings (SSSR count). The van der Waals surface area contributed by atoms with Crippen LogP contribution in [0.25, 0.3) is 5.65 Å². The molecule has 0 spiro atoms. The van der Waals surface area contributed by atoms with Crippen molar-refractivity contribution in [2.45, 2.75) is 52.5 Å². The van der Waals surface area contributed by atoms with E-state index in [1.807, 2.05) is 28.6 Å². The Balaban J connectivity index is 1.48. The Labute approximate surface area is 188 Å². The van der Waals surface area contributed by atoms with Gasteiger partial charge in [0.2, 0.25) is 0 Å². The Morgan fingerprint density at radius 1 is 1.09 bits per heavy atom. The molecule has 2 aliphatic heterocycles. The van der Waals surface area contributed by atoms with Crippen LogP contribution < -0.4 is 4.90 Å². The van der Waals surface area contributed by atoms with E-state index in [4.69, 9.17) is 10.1 Å². The van der Waals surface area contributed by atoms with Gasteiger partial charge in [-0.15, -0.1) is 0 Å². The molecule has 2 aliphatic rings. The molecule has 0 N–H and O–H groups in total. The van der Waals surface area contributed by atoms with Gasteiger partial charge in [-0.05, 0) is 63.1 Å². The highest BCUT2D eigenvalue weighted by Gasteiger charge is 2.32. The fourth-order valence-corrected chi connectivity index (χ4v) is 5.09. The molecule has 2 aromatic heterocycles. The predicted molar refractivity (Wildman–Crippen MR) is 122 cm³/mol. The number of rotatable bonds is 3. The summed E-state index contributed by atoms with van der Waals surface area (Å²) in [6.07, 6.45) is 6.05. The average molecular weight is 436 g/mol. The number of carbonyl (C=O) groups excluding carboxylic acids is 1. The second-order valence-electron chi connectivity index (χ2n) is 9.43. The molecule has 32 heavy (non-hydrogen) atoms. The van der Waals surface area contributed by atoms with Gasteiger partial charge in [0, 0.05) is 43.0 Å². The van der Waals surface area contributed by atoms with E-state index in [1.165, 1.54) is 18.6 Å². The lowest BCUT2D eigenvalue weighted by molar-refractivity contribution is 0.0604. The van der Waals surface area contributed by atoms with E-state index in [0.717, 1.165) is 60.6 Å². The minimum absolute atomic E-state index is 0.125. The SMILES string of the molecule is Cc1ccc(F)cc1C(=O)N1CCCC[C@H]1c1cc2nc(N3CC[C@H](C)C3)c(C)cn2n1. The maximum Gasteiger partial charge on any atom is 0.254 e. The zero-order valence-electron chi connectivity index (χ0n) is 19.0. The summed E-state index contributed by atoms with van der Waals surface area (Å²) in [5, 5.41) is 4.81. The first-order valence-electron chi connectivity index (χ1n) is 11.6. The van der Waals surface area contributed by atoms with Crippen molar-refractivity contribution in [2.24, 2.45) is 5.92 Å². The summed E-state index contributed by atoms with van der Waals surface area (Å²) >= 11 is 0. The number of fused-ring (bicyclic) bond motifs is 1. The minimum atomic E-state index is -0.385. The van der Waals surface area contributed by atoms with Gasteiger partial charge in [-0.2, -0.15) is 5.10 Å². The van der Waals surface area contributed by atoms with Gasteiger partial charge < -0.3 is 9.80 Å². The second-order valence-corrected chi connectivity index (χ2v) is 9.43. The summed E-state index contributed by atoms with van der Waals surface area (Å²) in [6.45, 7) is 8.92. The number of piperidine rings is 1. The van der Waals surface area contributed by atoms with Crippen LogP contribution in [-0.2, 0) is 0 Å². The normalized spacial score (nSPS) is 21.5. The third kappa shape index (κ3) is 3.74. The quantitative estimate of drug-likeness (QED) is 0.599. The van der Waals surface area contributed by atoms with Crippen LogP contribution >= 0.6 is 0 Å². The number of hydrogen-bond donors (Lipinski definition) is 0. The molecule has 0 aliphatic carbocycles. The van der Waals surface area contributed by atoms with Crippen molar-refractivity contribution in [2.75, 3.05) is 24.5 Å². The number of aromatic nitrogens is 3. The van der Waals surface area contributed by atoms with Gasteiger partial charge in [-0.3, -0.25) is 4.79 Å². The van der Waals surface area contributed by atoms with Crippen LogP contribution in [0.4, 0.5) is 10.2 Å². The zero-order chi connectivity index (χ0) is 22.4. The van der Waals surface area contributed by atoms with Gasteiger partial charge in [0.15, 0.2) is 5.65 Å². The molecule has 2 fully saturated rings. The first-order chi connectivity index (χ1) is 15.4. The maximum absolute atomic E-state index is 13.9. The van der Waals surface area contributed by atoms with Crippen LogP contribution in [0.2, 0.25) is 0 Å². The summed E-state index contributed by atoms with van der Waals surface area (Å²) in [5.74, 6) is 1.20. The van der Waals surface area contributed by atoms with E-state index in [-0.39, 0.29) is 17.8 Å². The third-order valence-electron chi connectivity index (χ3n) is 6.88. The van der Waals surface area contributed by atoms with E-state index >= 15 is 0 Å². The van der Waals surface area contributed by atoms with Crippen molar-refractivity contribution < 1.29 is 9.18 Å². The van der Waals surface area contributed by atoms with Crippen molar-refractivity contribution in [3.63, 3.8) is 0 Å². The van der Waals surface area contributed by atoms with Gasteiger partial charge in [-0.25, -0.2) is 13.9 Å². The van der Waals surface area contributed by atoms with Crippen LogP contribution in [0.3, 0.4) is 0 Å². The van der Waals surface area contributed by atoms with Crippen molar-refractivity contribution >= 4 is 17.4 Å². The number of likely N-dealkylation sites (tertiary alicyclic amines) is 1. The standard InChI is InChI=1S/C25H30FN5O/c1-16-9-11-29(14-16)24-18(3)15-31-23(27-24)13-21(28-31)22-6-4-5-10-30(22)25(32)20-12-19(26)8-7-17(20)2/h7-8,12-13,15-16,22H,4-6,9-11,14H2,1-3H3/t16-,22-/m0/s1. The van der Waals surface area contributed by atoms with E-state index in [2.05, 4.69) is 18.7 Å². The highest BCUT2D eigenvalue weighted by molar-refractivity contribution is 5.96. The molecule has 2 atom stereocenters. The molecule has 6 nitrogen and oxygen atoms in total. The highest BCUT2D eigenvalue weighted by atomic mass is 19.1. The van der Waals surface area contributed by atoms with Crippen molar-refractivity contribution in [1.29, 1.82) is 0 Å². The average Bonchev–Trinajstić information content (AvgIpc) is 3.40. The summed E-state index contributed by atoms with van der Waals surface area (Å²) in [5.41, 5.74) is 3.98. The van der Waals surface area contributed by atoms with Crippen LogP contribution in [0.1, 0.15) is 65.8 Å². The van der Waals surface area contributed by atoms with Crippen molar-refractivity contribution in [1.82, 2.24) is 19.5 Å². The monoisotopic (exact) mass is 435 g/mol. The van der Waals surface area contributed by atoms with E-state index < -0.39 is 0 Å². The fraction of sp³-hybridized carbons (Fsp3) is 0.480. The van der Waals surface area contributed by atoms with Gasteiger partial charge in [0.05, 0.1) is 11.7 Å². The summed E-state index contributed by atoms with van der Waals surface area (Å²) < 4.78 is 15.7. The van der Waals surface area contributed by atoms with E-state index in [0.29, 0.717) is 18.0 Å². The lowest BCUT2D eigenvalue weighted by atomic mass is 9.97. The Morgan fingerprint density at radius 3 is 2.72 bits per heavy atom. The third-order valence-corrected chi connectivity index (χ3v) is 6.88. The number of carbonyl (C=O) groups is 1. The smallest absolute Gasteiger partial charge is 0.254 e. The molecule has 4 heterocycles. The van der Waals surface area contributed by atoms with Gasteiger partial charge in [-0.1, -0.05) is 13.0 Å². The number of nitrogens with zero attached hydrogens (tertiary/aromatic N) is 5. The Morgan fingerprint density at radius 2 is 1.94 bits per heavy atom. The molecule has 168 valence electrons. The largest absolute Gasteiger partial charge is 0.356 e. The Bertz CT molecular complexity index is 1170. The topological polar surface area (TPSA) is 53.7 Å². The summed E-state index contributed by atoms with van der Waals surface area (Å²) in [4.78, 5) is 22.5. The van der Waals surface area contributed by atoms with Crippen LogP contribution in [0.5, 0.6) is 0 Å². The van der Waals surface area contributed by atoms with E-state index in [9.17, 15) is 9.18 Å². The van der Waals surface area contributed by atoms with Gasteiger partial charge >= 0.3 is 0 Å². The summed E-state index contributed by atoms with van der Waals surface area (Å²) in [6, 6.07) is 6.29. The Hall–Kier alpha value is -2.96. The highest BCUT2D eigenvalue weighted by Crippen LogP contribution is 2.33. The molecule has 1 amide bonds. The van der Waals surface area contributed by atoms with Crippen LogP contribution in [0.15, 0.2) is 30.5 Å². The number of halogens is 1. The molecule has 0 radical (unpaired) electrons. The van der Waals surface area contributed by atoms with Crippen molar-refractivity contribution in [3.05, 3.63) is 58.7 Å². The molecule has 0 saturated carbocycles. The number of amides is 1. The summed E-state index contributed by atoms with van der Waals surface area (Å²) in [7, 11) is 0. The minimum Gasteiger partial charge on any atom is -0.356 e. The fourth-order valence-electron chi connectivity index (χ4n) is 5.09. The lowest BCUT2D eigenvalue weighted by Gasteiger charge is -2.35. The molecule has 0 unspecified atom stereocenters. The first-order valence-corrected chi connectivity index (χ1v) is 11.6. The molecular weight excluding hydrogens is 405 g/mol. The molecule has 7 heteroatoms.